The largest absolute Gasteiger partial charge is 0.445 e. The molecule has 6 aromatic rings. The average Bonchev–Trinajstić information content (AvgIpc) is 1.62. The highest BCUT2D eigenvalue weighted by atomic mass is 32.2. The standard InChI is InChI=1S/C89H125N25O19S/c1-49(2)45-67-81(124)103-62(31-36-90)76(119)102-65(34-39-93)80(123)109-72(51(5)115)83(126)97-42-35-66(79(122)101-63(32-37-91)78(121)108-68(82(125)107-67)46-53-17-10-9-11-18-53)104-77(120)64(33-38-92)106-85(128)73(52(6)116)111-87(130)110-71(50(3)4)84(127)105-61(21-16-41-98-86(94)129)75(118)100-56-25-23-54(24-26-56)48-133-88(131)99-43-44-113(8)89(132)114-69-47-57(134-70-22-13-12-20-59(70)74(117)95-7)28-29-58(69)60(112-114)30-27-55-19-14-15-40-96-55/h9-15,17-20,22-30,40,47,49-52,61-68,71-73,115-116H,16,21,31-39,41-46,48,90-93H2,1-8H3,(H,95,117)(H,97,126)(H,99,131)(H,100,118)(H,101,122)(H,102,119)(H,103,124)(H,104,120)(H,105,127)(H,106,128)(H,107,125)(H,108,121)(H,109,123)(H3,94,98,129)(H2,110,111,130)/b30-27+/t51-,52-,61+,62+,63+,64+,65+,66+,67+,68-,71+,72+,73+/m1/s1. The minimum atomic E-state index is -1.92. The van der Waals surface area contributed by atoms with Crippen molar-refractivity contribution in [3.63, 3.8) is 0 Å². The van der Waals surface area contributed by atoms with Gasteiger partial charge >= 0.3 is 24.2 Å². The monoisotopic (exact) mass is 1880 g/mol. The number of hydrogen-bond acceptors (Lipinski definition) is 26. The topological polar surface area (TPSA) is 679 Å². The van der Waals surface area contributed by atoms with Crippen molar-refractivity contribution < 1.29 is 91.7 Å². The second kappa shape index (κ2) is 54.3. The van der Waals surface area contributed by atoms with E-state index >= 15 is 0 Å². The molecule has 2 aromatic heterocycles. The number of ether oxygens (including phenoxy) is 1. The number of aliphatic hydroxyl groups excluding tert-OH is 2. The van der Waals surface area contributed by atoms with Crippen LogP contribution in [0.4, 0.5) is 24.9 Å². The minimum Gasteiger partial charge on any atom is -0.445 e. The Labute approximate surface area is 779 Å². The molecule has 1 aliphatic heterocycles. The number of nitrogens with one attached hydrogen (secondary N) is 16. The van der Waals surface area contributed by atoms with Gasteiger partial charge in [-0.25, -0.2) is 19.2 Å². The van der Waals surface area contributed by atoms with Gasteiger partial charge in [-0.15, -0.1) is 0 Å². The molecule has 7 rings (SSSR count). The van der Waals surface area contributed by atoms with E-state index < -0.39 is 187 Å². The lowest BCUT2D eigenvalue weighted by atomic mass is 10.00. The smallest absolute Gasteiger partial charge is 0.407 e. The molecular weight excluding hydrogens is 1760 g/mol. The Morgan fingerprint density at radius 3 is 1.78 bits per heavy atom. The van der Waals surface area contributed by atoms with Gasteiger partial charge < -0.3 is 134 Å². The van der Waals surface area contributed by atoms with Crippen LogP contribution in [0.25, 0.3) is 23.1 Å². The number of likely N-dealkylation sites (N-methyl/N-ethyl adjacent to an activating group) is 1. The van der Waals surface area contributed by atoms with E-state index in [2.05, 4.69) is 90.1 Å². The van der Waals surface area contributed by atoms with Gasteiger partial charge in [0.15, 0.2) is 0 Å². The summed E-state index contributed by atoms with van der Waals surface area (Å²) in [4.78, 5) is 231. The first-order valence-electron chi connectivity index (χ1n) is 43.9. The number of hydrogen-bond donors (Lipinski definition) is 23. The summed E-state index contributed by atoms with van der Waals surface area (Å²) in [5, 5.41) is 68.1. The Morgan fingerprint density at radius 1 is 0.604 bits per heavy atom. The average molecular weight is 1880 g/mol. The van der Waals surface area contributed by atoms with Crippen LogP contribution in [0.3, 0.4) is 0 Å². The Kier molecular flexibility index (Phi) is 43.5. The van der Waals surface area contributed by atoms with Crippen LogP contribution in [0.2, 0.25) is 0 Å². The number of primary amides is 1. The van der Waals surface area contributed by atoms with E-state index in [1.165, 1.54) is 40.4 Å². The number of alkyl carbamates (subject to hydrolysis) is 1. The van der Waals surface area contributed by atoms with Gasteiger partial charge in [-0.05, 0) is 181 Å². The van der Waals surface area contributed by atoms with Crippen molar-refractivity contribution in [1.29, 1.82) is 0 Å². The van der Waals surface area contributed by atoms with Gasteiger partial charge in [0.05, 0.1) is 34.7 Å². The number of pyridine rings is 1. The van der Waals surface area contributed by atoms with Crippen LogP contribution >= 0.6 is 11.8 Å². The third-order valence-corrected chi connectivity index (χ3v) is 22.2. The highest BCUT2D eigenvalue weighted by molar-refractivity contribution is 7.99. The number of rotatable bonds is 39. The van der Waals surface area contributed by atoms with Crippen LogP contribution < -0.4 is 114 Å². The third kappa shape index (κ3) is 33.8. The lowest BCUT2D eigenvalue weighted by Crippen LogP contribution is -2.62. The number of benzene rings is 4. The zero-order valence-electron chi connectivity index (χ0n) is 76.0. The number of fused-ring (bicyclic) bond motifs is 1. The second-order valence-corrected chi connectivity index (χ2v) is 33.7. The van der Waals surface area contributed by atoms with Gasteiger partial charge in [-0.1, -0.05) is 100 Å². The molecule has 0 radical (unpaired) electrons. The Morgan fingerprint density at radius 2 is 1.19 bits per heavy atom. The van der Waals surface area contributed by atoms with Gasteiger partial charge in [0.2, 0.25) is 65.0 Å². The maximum Gasteiger partial charge on any atom is 0.407 e. The fourth-order valence-electron chi connectivity index (χ4n) is 13.9. The summed E-state index contributed by atoms with van der Waals surface area (Å²) in [5.74, 6) is -12.0. The van der Waals surface area contributed by atoms with Crippen molar-refractivity contribution in [2.24, 2.45) is 40.5 Å². The summed E-state index contributed by atoms with van der Waals surface area (Å²) < 4.78 is 6.74. The van der Waals surface area contributed by atoms with E-state index in [4.69, 9.17) is 38.5 Å². The van der Waals surface area contributed by atoms with Crippen molar-refractivity contribution in [2.45, 2.75) is 194 Å². The summed E-state index contributed by atoms with van der Waals surface area (Å²) in [6, 6.07) is 12.8. The third-order valence-electron chi connectivity index (χ3n) is 21.1. The second-order valence-electron chi connectivity index (χ2n) is 32.6. The molecule has 1 saturated heterocycles. The Bertz CT molecular complexity index is 5050. The van der Waals surface area contributed by atoms with E-state index in [1.807, 2.05) is 36.4 Å². The quantitative estimate of drug-likeness (QED) is 0.0192. The van der Waals surface area contributed by atoms with E-state index in [1.54, 1.807) is 127 Å². The maximum atomic E-state index is 14.8. The fraction of sp³-hybridized carbons (Fsp3) is 0.461. The number of aliphatic hydroxyl groups is 2. The van der Waals surface area contributed by atoms with Gasteiger partial charge in [-0.3, -0.25) is 62.5 Å². The van der Waals surface area contributed by atoms with Crippen LogP contribution in [0.5, 0.6) is 0 Å². The molecule has 13 atom stereocenters. The normalized spacial score (nSPS) is 18.6. The maximum absolute atomic E-state index is 14.8. The van der Waals surface area contributed by atoms with E-state index in [-0.39, 0.29) is 121 Å². The zero-order chi connectivity index (χ0) is 98.3. The van der Waals surface area contributed by atoms with Crippen LogP contribution in [-0.2, 0) is 70.5 Å². The molecule has 0 saturated carbocycles. The van der Waals surface area contributed by atoms with Crippen LogP contribution in [0.15, 0.2) is 131 Å². The number of urea groups is 2. The van der Waals surface area contributed by atoms with Gasteiger partial charge in [0.25, 0.3) is 5.91 Å². The molecule has 134 heavy (non-hydrogen) atoms. The summed E-state index contributed by atoms with van der Waals surface area (Å²) in [7, 11) is 3.09. The van der Waals surface area contributed by atoms with Gasteiger partial charge in [-0.2, -0.15) is 9.78 Å². The summed E-state index contributed by atoms with van der Waals surface area (Å²) in [5.41, 5.74) is 32.5. The molecule has 726 valence electrons. The van der Waals surface area contributed by atoms with E-state index in [0.717, 1.165) is 11.8 Å². The number of anilines is 1. The molecule has 1 aliphatic rings. The van der Waals surface area contributed by atoms with Gasteiger partial charge in [0, 0.05) is 73.8 Å². The van der Waals surface area contributed by atoms with Crippen LogP contribution in [0, 0.1) is 11.8 Å². The SMILES string of the molecule is CNC(=O)c1ccccc1Sc1ccc2c(/C=C/c3ccccn3)nn(C(=O)N(C)CCNC(=O)OCc3ccc(NC(=O)[C@H](CCCNC(N)=O)NC(=O)[C@@H](NC(=O)N[C@H](C(=O)N[C@@H](CCN)C(=O)N[C@H]4CCNC(=O)[C@H]([C@@H](C)O)NC(=O)[C@H](CCN)NC(=O)[C@H](CCN)NC(=O)[C@H](CC(C)C)NC(=O)[C@@H](Cc5ccccc5)NC(=O)[C@H](CCN)NC4=O)[C@@H](C)O)C(C)C)cc3)c2c1. The van der Waals surface area contributed by atoms with E-state index in [9.17, 15) is 86.9 Å². The molecule has 0 unspecified atom stereocenters. The molecule has 4 aromatic carbocycles. The minimum absolute atomic E-state index is 0.00284. The molecule has 28 N–H and O–H groups in total. The number of nitrogens with zero attached hydrogens (tertiary/aromatic N) is 4. The van der Waals surface area contributed by atoms with Crippen LogP contribution in [0.1, 0.15) is 126 Å². The highest BCUT2D eigenvalue weighted by Gasteiger charge is 2.39. The predicted octanol–water partition coefficient (Wildman–Crippen LogP) is -1.65. The predicted molar refractivity (Wildman–Crippen MR) is 497 cm³/mol. The molecule has 3 heterocycles. The molecule has 0 bridgehead atoms. The van der Waals surface area contributed by atoms with Gasteiger partial charge in [0.1, 0.15) is 73.1 Å². The molecule has 45 heteroatoms. The molecule has 44 nitrogen and oxygen atoms in total. The Hall–Kier alpha value is -13.7. The summed E-state index contributed by atoms with van der Waals surface area (Å²) in [6.07, 6.45) is -0.828. The fourth-order valence-corrected chi connectivity index (χ4v) is 14.9. The van der Waals surface area contributed by atoms with Crippen molar-refractivity contribution in [1.82, 2.24) is 99.4 Å². The van der Waals surface area contributed by atoms with Crippen molar-refractivity contribution in [3.05, 3.63) is 150 Å². The van der Waals surface area contributed by atoms with E-state index in [0.29, 0.717) is 43.9 Å². The Balaban J connectivity index is 1.01. The number of nitrogens with two attached hydrogens (primary N) is 5. The number of carbonyl (C=O) groups is 16. The molecule has 1 fully saturated rings. The number of carbonyl (C=O) groups excluding carboxylic acids is 16. The molecule has 0 aliphatic carbocycles. The van der Waals surface area contributed by atoms with Crippen LogP contribution in [-0.4, -0.2) is 270 Å². The molecule has 18 amide bonds. The number of aromatic nitrogens is 3. The highest BCUT2D eigenvalue weighted by Crippen LogP contribution is 2.34. The van der Waals surface area contributed by atoms with Crippen molar-refractivity contribution in [3.8, 4) is 0 Å². The van der Waals surface area contributed by atoms with Crippen molar-refractivity contribution in [2.75, 3.05) is 71.8 Å². The first-order valence-corrected chi connectivity index (χ1v) is 44.8. The first-order chi connectivity index (χ1) is 63.9. The lowest BCUT2D eigenvalue weighted by molar-refractivity contribution is -0.136. The zero-order valence-corrected chi connectivity index (χ0v) is 76.8. The number of amides is 18. The first kappa shape index (κ1) is 107. The summed E-state index contributed by atoms with van der Waals surface area (Å²) >= 11 is 1.34. The molecule has 0 spiro atoms. The lowest BCUT2D eigenvalue weighted by Gasteiger charge is -2.29. The molecular formula is C89H125N25O19S. The van der Waals surface area contributed by atoms with Crippen molar-refractivity contribution >= 4 is 136 Å². The summed E-state index contributed by atoms with van der Waals surface area (Å²) in [6.45, 7) is 7.16.